The molecule has 182 valence electrons. The Bertz CT molecular complexity index is 592. The van der Waals surface area contributed by atoms with Crippen molar-refractivity contribution in [2.45, 2.75) is 92.0 Å². The minimum absolute atomic E-state index is 0.0935. The number of hydrogen-bond acceptors (Lipinski definition) is 14. The second kappa shape index (κ2) is 10.1. The molecule has 14 nitrogen and oxygen atoms in total. The number of aliphatic hydroxyl groups is 5. The van der Waals surface area contributed by atoms with Crippen LogP contribution in [0.4, 0.5) is 0 Å². The fraction of sp³-hybridized carbons (Fsp3) is 1.00. The van der Waals surface area contributed by atoms with Crippen LogP contribution in [0.1, 0.15) is 6.42 Å². The lowest BCUT2D eigenvalue weighted by atomic mass is 9.84. The van der Waals surface area contributed by atoms with Crippen LogP contribution in [-0.4, -0.2) is 124 Å². The summed E-state index contributed by atoms with van der Waals surface area (Å²) in [6.45, 7) is -0.254. The lowest BCUT2D eigenvalue weighted by Crippen LogP contribution is -2.68. The van der Waals surface area contributed by atoms with E-state index in [-0.39, 0.29) is 19.6 Å². The van der Waals surface area contributed by atoms with Crippen molar-refractivity contribution in [3.05, 3.63) is 0 Å². The summed E-state index contributed by atoms with van der Waals surface area (Å²) in [6, 6.07) is -3.59. The molecule has 0 bridgehead atoms. The Hall–Kier alpha value is -0.560. The van der Waals surface area contributed by atoms with E-state index in [0.29, 0.717) is 0 Å². The molecule has 2 saturated heterocycles. The molecule has 1 aliphatic carbocycles. The SMILES string of the molecule is NCC1O[C@@H](OC2C(N)CC(N)[C@H](OC3OCC(O)[C@H](N)[C@H]3O)[C@H]2O)C(N)[C@@H](O)[C@H]1O. The summed E-state index contributed by atoms with van der Waals surface area (Å²) < 4.78 is 22.4. The molecule has 0 spiro atoms. The molecule has 0 aromatic rings. The van der Waals surface area contributed by atoms with E-state index in [9.17, 15) is 25.5 Å². The maximum Gasteiger partial charge on any atom is 0.185 e. The van der Waals surface area contributed by atoms with Gasteiger partial charge in [0.05, 0.1) is 24.8 Å². The van der Waals surface area contributed by atoms with Crippen LogP contribution >= 0.6 is 0 Å². The van der Waals surface area contributed by atoms with E-state index in [1.165, 1.54) is 0 Å². The zero-order valence-corrected chi connectivity index (χ0v) is 17.0. The average molecular weight is 453 g/mol. The minimum Gasteiger partial charge on any atom is -0.389 e. The summed E-state index contributed by atoms with van der Waals surface area (Å²) in [5.74, 6) is 0. The number of ether oxygens (including phenoxy) is 4. The number of nitrogens with two attached hydrogens (primary N) is 5. The molecule has 14 heteroatoms. The molecular weight excluding hydrogens is 418 g/mol. The summed E-state index contributed by atoms with van der Waals surface area (Å²) in [6.07, 6.45) is -11.8. The second-order valence-electron chi connectivity index (χ2n) is 8.43. The third-order valence-corrected chi connectivity index (χ3v) is 6.17. The highest BCUT2D eigenvalue weighted by molar-refractivity contribution is 5.01. The highest BCUT2D eigenvalue weighted by atomic mass is 16.7. The predicted molar refractivity (Wildman–Crippen MR) is 104 cm³/mol. The van der Waals surface area contributed by atoms with E-state index in [2.05, 4.69) is 0 Å². The van der Waals surface area contributed by atoms with Crippen LogP contribution in [0.2, 0.25) is 0 Å². The molecule has 14 atom stereocenters. The van der Waals surface area contributed by atoms with Crippen LogP contribution in [0, 0.1) is 0 Å². The maximum atomic E-state index is 10.9. The van der Waals surface area contributed by atoms with E-state index in [1.54, 1.807) is 0 Å². The highest BCUT2D eigenvalue weighted by Crippen LogP contribution is 2.30. The Morgan fingerprint density at radius 1 is 0.742 bits per heavy atom. The summed E-state index contributed by atoms with van der Waals surface area (Å²) in [5.41, 5.74) is 29.5. The molecule has 3 fully saturated rings. The third kappa shape index (κ3) is 5.02. The van der Waals surface area contributed by atoms with Crippen molar-refractivity contribution in [1.82, 2.24) is 0 Å². The Labute approximate surface area is 179 Å². The molecule has 3 rings (SSSR count). The molecule has 15 N–H and O–H groups in total. The molecule has 7 unspecified atom stereocenters. The number of hydrogen-bond donors (Lipinski definition) is 10. The third-order valence-electron chi connectivity index (χ3n) is 6.17. The summed E-state index contributed by atoms with van der Waals surface area (Å²) in [7, 11) is 0. The normalized spacial score (nSPS) is 54.0. The zero-order valence-electron chi connectivity index (χ0n) is 17.0. The Balaban J connectivity index is 1.70. The highest BCUT2D eigenvalue weighted by Gasteiger charge is 2.50. The van der Waals surface area contributed by atoms with Gasteiger partial charge in [-0.1, -0.05) is 0 Å². The average Bonchev–Trinajstić information content (AvgIpc) is 2.73. The van der Waals surface area contributed by atoms with Gasteiger partial charge in [0.1, 0.15) is 42.7 Å². The van der Waals surface area contributed by atoms with Gasteiger partial charge in [0.25, 0.3) is 0 Å². The Morgan fingerprint density at radius 3 is 1.90 bits per heavy atom. The van der Waals surface area contributed by atoms with E-state index < -0.39 is 85.6 Å². The van der Waals surface area contributed by atoms with Crippen molar-refractivity contribution < 1.29 is 44.5 Å². The monoisotopic (exact) mass is 453 g/mol. The number of aliphatic hydroxyl groups excluding tert-OH is 5. The summed E-state index contributed by atoms with van der Waals surface area (Å²) in [5, 5.41) is 51.0. The van der Waals surface area contributed by atoms with Crippen LogP contribution in [0.3, 0.4) is 0 Å². The van der Waals surface area contributed by atoms with Gasteiger partial charge in [-0.05, 0) is 6.42 Å². The van der Waals surface area contributed by atoms with Crippen molar-refractivity contribution in [3.63, 3.8) is 0 Å². The summed E-state index contributed by atoms with van der Waals surface area (Å²) in [4.78, 5) is 0. The Morgan fingerprint density at radius 2 is 1.32 bits per heavy atom. The van der Waals surface area contributed by atoms with Crippen molar-refractivity contribution >= 4 is 0 Å². The standard InChI is InChI=1S/C17H35N5O9/c18-2-7-10(24)11(25)9(22)16(29-7)30-14-4(19)1-5(20)15(13(14)27)31-17-12(26)8(21)6(23)3-28-17/h4-17,23-27H,1-3,18-22H2/t4?,5?,6?,7?,8-,9?,10-,11+,12+,13-,14?,15-,16-,17?/m0/s1. The lowest BCUT2D eigenvalue weighted by Gasteiger charge is -2.47. The molecule has 31 heavy (non-hydrogen) atoms. The van der Waals surface area contributed by atoms with Gasteiger partial charge >= 0.3 is 0 Å². The number of rotatable bonds is 5. The predicted octanol–water partition coefficient (Wildman–Crippen LogP) is -6.69. The Kier molecular flexibility index (Phi) is 8.21. The molecule has 0 aromatic heterocycles. The van der Waals surface area contributed by atoms with Crippen LogP contribution in [-0.2, 0) is 18.9 Å². The van der Waals surface area contributed by atoms with E-state index in [1.807, 2.05) is 0 Å². The molecule has 2 aliphatic heterocycles. The van der Waals surface area contributed by atoms with Crippen molar-refractivity contribution in [1.29, 1.82) is 0 Å². The van der Waals surface area contributed by atoms with E-state index >= 15 is 0 Å². The molecule has 3 aliphatic rings. The summed E-state index contributed by atoms with van der Waals surface area (Å²) >= 11 is 0. The zero-order chi connectivity index (χ0) is 23.0. The lowest BCUT2D eigenvalue weighted by molar-refractivity contribution is -0.307. The van der Waals surface area contributed by atoms with Gasteiger partial charge in [0.15, 0.2) is 12.6 Å². The first-order valence-corrected chi connectivity index (χ1v) is 10.3. The molecule has 1 saturated carbocycles. The van der Waals surface area contributed by atoms with Crippen LogP contribution in [0.15, 0.2) is 0 Å². The van der Waals surface area contributed by atoms with E-state index in [4.69, 9.17) is 47.6 Å². The van der Waals surface area contributed by atoms with E-state index in [0.717, 1.165) is 0 Å². The topological polar surface area (TPSA) is 268 Å². The fourth-order valence-electron chi connectivity index (χ4n) is 4.15. The van der Waals surface area contributed by atoms with Crippen molar-refractivity contribution in [2.75, 3.05) is 13.2 Å². The first kappa shape index (κ1) is 25.1. The van der Waals surface area contributed by atoms with Gasteiger partial charge in [-0.2, -0.15) is 0 Å². The first-order valence-electron chi connectivity index (χ1n) is 10.3. The largest absolute Gasteiger partial charge is 0.389 e. The molecule has 2 heterocycles. The minimum atomic E-state index is -1.38. The molecule has 0 amide bonds. The first-order chi connectivity index (χ1) is 14.6. The molecular formula is C17H35N5O9. The van der Waals surface area contributed by atoms with Gasteiger partial charge in [0, 0.05) is 18.6 Å². The second-order valence-corrected chi connectivity index (χ2v) is 8.43. The molecule has 0 radical (unpaired) electrons. The van der Waals surface area contributed by atoms with Gasteiger partial charge in [0.2, 0.25) is 0 Å². The van der Waals surface area contributed by atoms with Gasteiger partial charge in [-0.15, -0.1) is 0 Å². The van der Waals surface area contributed by atoms with Gasteiger partial charge in [-0.25, -0.2) is 0 Å². The van der Waals surface area contributed by atoms with Gasteiger partial charge in [-0.3, -0.25) is 0 Å². The fourth-order valence-corrected chi connectivity index (χ4v) is 4.15. The van der Waals surface area contributed by atoms with Crippen molar-refractivity contribution in [3.8, 4) is 0 Å². The van der Waals surface area contributed by atoms with Gasteiger partial charge < -0.3 is 73.1 Å². The maximum absolute atomic E-state index is 10.9. The molecule has 0 aromatic carbocycles. The van der Waals surface area contributed by atoms with Crippen molar-refractivity contribution in [2.24, 2.45) is 28.7 Å². The smallest absolute Gasteiger partial charge is 0.185 e. The van der Waals surface area contributed by atoms with Crippen LogP contribution in [0.25, 0.3) is 0 Å². The van der Waals surface area contributed by atoms with Crippen LogP contribution < -0.4 is 28.7 Å². The quantitative estimate of drug-likeness (QED) is 0.185. The van der Waals surface area contributed by atoms with Crippen LogP contribution in [0.5, 0.6) is 0 Å².